The fourth-order valence-electron chi connectivity index (χ4n) is 3.60. The molecule has 0 bridgehead atoms. The Morgan fingerprint density at radius 1 is 1.20 bits per heavy atom. The summed E-state index contributed by atoms with van der Waals surface area (Å²) in [6.45, 7) is 2.19. The Kier molecular flexibility index (Phi) is 6.72. The van der Waals surface area contributed by atoms with Gasteiger partial charge in [-0.1, -0.05) is 41.0 Å². The van der Waals surface area contributed by atoms with Gasteiger partial charge in [-0.2, -0.15) is 4.98 Å². The molecule has 0 aliphatic carbocycles. The molecule has 2 heterocycles. The Balaban J connectivity index is 1.31. The maximum Gasteiger partial charge on any atom is 0.241 e. The molecule has 1 aliphatic heterocycles. The molecule has 30 heavy (non-hydrogen) atoms. The second-order valence-corrected chi connectivity index (χ2v) is 8.49. The number of aromatic nitrogens is 2. The van der Waals surface area contributed by atoms with Gasteiger partial charge in [0.25, 0.3) is 0 Å². The van der Waals surface area contributed by atoms with Crippen LogP contribution in [0.25, 0.3) is 11.4 Å². The van der Waals surface area contributed by atoms with E-state index in [1.165, 1.54) is 0 Å². The third-order valence-electron chi connectivity index (χ3n) is 5.26. The molecule has 4 rings (SSSR count). The van der Waals surface area contributed by atoms with Crippen molar-refractivity contribution < 1.29 is 9.32 Å². The Bertz CT molecular complexity index is 1020. The number of hydrogen-bond acceptors (Lipinski definition) is 6. The fraction of sp³-hybridized carbons (Fsp3) is 0.318. The molecule has 1 aliphatic rings. The fourth-order valence-corrected chi connectivity index (χ4v) is 4.37. The first-order valence-corrected chi connectivity index (χ1v) is 11.5. The van der Waals surface area contributed by atoms with E-state index >= 15 is 0 Å². The minimum atomic E-state index is 0.0116. The summed E-state index contributed by atoms with van der Waals surface area (Å²) in [6, 6.07) is 15.3. The van der Waals surface area contributed by atoms with E-state index in [9.17, 15) is 4.79 Å². The lowest BCUT2D eigenvalue weighted by molar-refractivity contribution is -0.121. The molecule has 8 heteroatoms. The summed E-state index contributed by atoms with van der Waals surface area (Å²) >= 11 is 7.84. The lowest BCUT2D eigenvalue weighted by Crippen LogP contribution is -2.37. The molecule has 1 N–H and O–H groups in total. The van der Waals surface area contributed by atoms with Crippen LogP contribution in [-0.2, 0) is 11.3 Å². The van der Waals surface area contributed by atoms with Crippen molar-refractivity contribution in [1.29, 1.82) is 0 Å². The van der Waals surface area contributed by atoms with Crippen molar-refractivity contribution in [1.82, 2.24) is 15.0 Å². The highest BCUT2D eigenvalue weighted by Gasteiger charge is 2.26. The molecule has 1 aromatic heterocycles. The number of halogens is 1. The number of likely N-dealkylation sites (tertiary alicyclic amines) is 1. The molecule has 2 aromatic carbocycles. The van der Waals surface area contributed by atoms with Crippen LogP contribution in [-0.4, -0.2) is 40.3 Å². The Hall–Kier alpha value is -2.35. The van der Waals surface area contributed by atoms with Crippen LogP contribution in [0.3, 0.4) is 0 Å². The van der Waals surface area contributed by atoms with E-state index in [0.717, 1.165) is 42.1 Å². The zero-order chi connectivity index (χ0) is 20.9. The van der Waals surface area contributed by atoms with Gasteiger partial charge in [-0.25, -0.2) is 0 Å². The van der Waals surface area contributed by atoms with E-state index in [0.29, 0.717) is 23.3 Å². The van der Waals surface area contributed by atoms with Crippen LogP contribution in [0.15, 0.2) is 57.9 Å². The SMILES string of the molecule is CSc1ccccc1NC(=O)C1CCN(Cc2nc(-c3ccccc3Cl)no2)CC1. The molecule has 1 amide bonds. The first-order chi connectivity index (χ1) is 14.6. The number of para-hydroxylation sites is 1. The second kappa shape index (κ2) is 9.64. The molecule has 0 atom stereocenters. The van der Waals surface area contributed by atoms with Crippen molar-refractivity contribution in [3.8, 4) is 11.4 Å². The first kappa shape index (κ1) is 20.9. The van der Waals surface area contributed by atoms with Gasteiger partial charge in [0.15, 0.2) is 0 Å². The summed E-state index contributed by atoms with van der Waals surface area (Å²) in [4.78, 5) is 20.5. The quantitative estimate of drug-likeness (QED) is 0.544. The van der Waals surface area contributed by atoms with E-state index in [1.54, 1.807) is 17.8 Å². The smallest absolute Gasteiger partial charge is 0.241 e. The minimum absolute atomic E-state index is 0.0116. The third-order valence-corrected chi connectivity index (χ3v) is 6.39. The number of benzene rings is 2. The monoisotopic (exact) mass is 442 g/mol. The van der Waals surface area contributed by atoms with Crippen molar-refractivity contribution in [2.24, 2.45) is 5.92 Å². The van der Waals surface area contributed by atoms with Crippen molar-refractivity contribution in [2.45, 2.75) is 24.3 Å². The predicted octanol–water partition coefficient (Wildman–Crippen LogP) is 4.96. The molecule has 3 aromatic rings. The van der Waals surface area contributed by atoms with Crippen LogP contribution >= 0.6 is 23.4 Å². The van der Waals surface area contributed by atoms with Gasteiger partial charge in [-0.15, -0.1) is 11.8 Å². The highest BCUT2D eigenvalue weighted by atomic mass is 35.5. The minimum Gasteiger partial charge on any atom is -0.338 e. The molecule has 156 valence electrons. The molecule has 1 saturated heterocycles. The molecule has 0 saturated carbocycles. The number of piperidine rings is 1. The lowest BCUT2D eigenvalue weighted by Gasteiger charge is -2.30. The van der Waals surface area contributed by atoms with E-state index in [2.05, 4.69) is 20.4 Å². The van der Waals surface area contributed by atoms with E-state index < -0.39 is 0 Å². The van der Waals surface area contributed by atoms with Gasteiger partial charge in [0.05, 0.1) is 17.3 Å². The second-order valence-electron chi connectivity index (χ2n) is 7.23. The summed E-state index contributed by atoms with van der Waals surface area (Å²) in [7, 11) is 0. The van der Waals surface area contributed by atoms with E-state index in [-0.39, 0.29) is 11.8 Å². The van der Waals surface area contributed by atoms with E-state index in [1.807, 2.05) is 48.7 Å². The number of carbonyl (C=O) groups excluding carboxylic acids is 1. The van der Waals surface area contributed by atoms with Gasteiger partial charge in [0, 0.05) is 16.4 Å². The summed E-state index contributed by atoms with van der Waals surface area (Å²) in [5.74, 6) is 1.16. The summed E-state index contributed by atoms with van der Waals surface area (Å²) in [6.07, 6.45) is 3.62. The van der Waals surface area contributed by atoms with Gasteiger partial charge < -0.3 is 9.84 Å². The molecule has 0 radical (unpaired) electrons. The average Bonchev–Trinajstić information content (AvgIpc) is 3.23. The molecular weight excluding hydrogens is 420 g/mol. The van der Waals surface area contributed by atoms with Crippen molar-refractivity contribution >= 4 is 35.0 Å². The van der Waals surface area contributed by atoms with Crippen molar-refractivity contribution in [3.63, 3.8) is 0 Å². The summed E-state index contributed by atoms with van der Waals surface area (Å²) in [5, 5.41) is 7.74. The number of amides is 1. The maximum absolute atomic E-state index is 12.7. The van der Waals surface area contributed by atoms with Crippen LogP contribution in [0, 0.1) is 5.92 Å². The topological polar surface area (TPSA) is 71.3 Å². The van der Waals surface area contributed by atoms with Gasteiger partial charge in [0.1, 0.15) is 0 Å². The zero-order valence-corrected chi connectivity index (χ0v) is 18.2. The Morgan fingerprint density at radius 2 is 1.93 bits per heavy atom. The van der Waals surface area contributed by atoms with Gasteiger partial charge in [0.2, 0.25) is 17.6 Å². The number of rotatable bonds is 6. The number of carbonyl (C=O) groups is 1. The van der Waals surface area contributed by atoms with Crippen LogP contribution in [0.5, 0.6) is 0 Å². The Labute approximate surface area is 185 Å². The third kappa shape index (κ3) is 4.86. The molecule has 6 nitrogen and oxygen atoms in total. The van der Waals surface area contributed by atoms with Crippen LogP contribution in [0.4, 0.5) is 5.69 Å². The number of hydrogen-bond donors (Lipinski definition) is 1. The lowest BCUT2D eigenvalue weighted by atomic mass is 9.96. The first-order valence-electron chi connectivity index (χ1n) is 9.88. The Morgan fingerprint density at radius 3 is 2.70 bits per heavy atom. The zero-order valence-electron chi connectivity index (χ0n) is 16.7. The standard InChI is InChI=1S/C22H23ClN4O2S/c1-30-19-9-5-4-8-18(19)24-22(28)15-10-12-27(13-11-15)14-20-25-21(26-29-20)16-6-2-3-7-17(16)23/h2-9,15H,10-14H2,1H3,(H,24,28). The maximum atomic E-state index is 12.7. The van der Waals surface area contributed by atoms with Crippen LogP contribution in [0.1, 0.15) is 18.7 Å². The van der Waals surface area contributed by atoms with Crippen molar-refractivity contribution in [3.05, 3.63) is 59.4 Å². The molecular formula is C22H23ClN4O2S. The number of anilines is 1. The van der Waals surface area contributed by atoms with Gasteiger partial charge in [-0.05, 0) is 56.5 Å². The molecule has 0 unspecified atom stereocenters. The summed E-state index contributed by atoms with van der Waals surface area (Å²) in [5.41, 5.74) is 1.64. The number of nitrogens with one attached hydrogen (secondary N) is 1. The van der Waals surface area contributed by atoms with Gasteiger partial charge >= 0.3 is 0 Å². The van der Waals surface area contributed by atoms with Crippen molar-refractivity contribution in [2.75, 3.05) is 24.7 Å². The predicted molar refractivity (Wildman–Crippen MR) is 120 cm³/mol. The summed E-state index contributed by atoms with van der Waals surface area (Å²) < 4.78 is 5.41. The normalized spacial score (nSPS) is 15.3. The largest absolute Gasteiger partial charge is 0.338 e. The average molecular weight is 443 g/mol. The highest BCUT2D eigenvalue weighted by Crippen LogP contribution is 2.28. The van der Waals surface area contributed by atoms with Gasteiger partial charge in [-0.3, -0.25) is 9.69 Å². The van der Waals surface area contributed by atoms with Crippen LogP contribution in [0.2, 0.25) is 5.02 Å². The van der Waals surface area contributed by atoms with E-state index in [4.69, 9.17) is 16.1 Å². The molecule has 1 fully saturated rings. The highest BCUT2D eigenvalue weighted by molar-refractivity contribution is 7.98. The number of nitrogens with zero attached hydrogens (tertiary/aromatic N) is 3. The molecule has 0 spiro atoms. The van der Waals surface area contributed by atoms with Crippen LogP contribution < -0.4 is 5.32 Å². The number of thioether (sulfide) groups is 1.